The Morgan fingerprint density at radius 3 is 2.85 bits per heavy atom. The van der Waals surface area contributed by atoms with Gasteiger partial charge in [-0.05, 0) is 43.2 Å². The van der Waals surface area contributed by atoms with E-state index in [1.54, 1.807) is 13.1 Å². The molecule has 0 saturated carbocycles. The fourth-order valence-electron chi connectivity index (χ4n) is 3.31. The average Bonchev–Trinajstić information content (AvgIpc) is 2.73. The van der Waals surface area contributed by atoms with Gasteiger partial charge in [0.2, 0.25) is 0 Å². The average molecular weight is 365 g/mol. The van der Waals surface area contributed by atoms with Crippen molar-refractivity contribution in [3.05, 3.63) is 65.5 Å². The number of para-hydroxylation sites is 1. The van der Waals surface area contributed by atoms with Crippen LogP contribution in [0.1, 0.15) is 24.0 Å². The number of aliphatic imine (C=N–C) groups is 1. The van der Waals surface area contributed by atoms with Crippen molar-refractivity contribution < 1.29 is 4.39 Å². The third-order valence-corrected chi connectivity index (χ3v) is 4.73. The quantitative estimate of drug-likeness (QED) is 0.646. The van der Waals surface area contributed by atoms with Gasteiger partial charge in [0.05, 0.1) is 11.6 Å². The molecule has 0 spiro atoms. The van der Waals surface area contributed by atoms with Gasteiger partial charge in [0.1, 0.15) is 5.82 Å². The van der Waals surface area contributed by atoms with E-state index in [0.29, 0.717) is 17.1 Å². The number of guanidine groups is 1. The second kappa shape index (κ2) is 9.04. The largest absolute Gasteiger partial charge is 0.369 e. The van der Waals surface area contributed by atoms with Gasteiger partial charge < -0.3 is 15.5 Å². The first-order valence-corrected chi connectivity index (χ1v) is 9.15. The van der Waals surface area contributed by atoms with Gasteiger partial charge in [0.15, 0.2) is 5.96 Å². The summed E-state index contributed by atoms with van der Waals surface area (Å²) in [4.78, 5) is 6.62. The lowest BCUT2D eigenvalue weighted by Crippen LogP contribution is -2.51. The summed E-state index contributed by atoms with van der Waals surface area (Å²) in [5.74, 6) is 0.307. The van der Waals surface area contributed by atoms with Gasteiger partial charge in [-0.15, -0.1) is 0 Å². The van der Waals surface area contributed by atoms with Crippen molar-refractivity contribution in [2.75, 3.05) is 25.0 Å². The molecule has 3 rings (SSSR count). The Morgan fingerprint density at radius 2 is 2.11 bits per heavy atom. The van der Waals surface area contributed by atoms with Crippen LogP contribution in [0.4, 0.5) is 10.1 Å². The fraction of sp³-hybridized carbons (Fsp3) is 0.333. The van der Waals surface area contributed by atoms with Crippen molar-refractivity contribution in [1.82, 2.24) is 10.6 Å². The maximum atomic E-state index is 13.9. The van der Waals surface area contributed by atoms with E-state index in [1.165, 1.54) is 17.8 Å². The van der Waals surface area contributed by atoms with Crippen LogP contribution in [-0.2, 0) is 6.54 Å². The SMILES string of the molecule is CN=C(NCc1cc(C#N)ccc1F)NC1CCCN(c2ccccc2)C1. The van der Waals surface area contributed by atoms with E-state index >= 15 is 0 Å². The first-order valence-electron chi connectivity index (χ1n) is 9.15. The maximum Gasteiger partial charge on any atom is 0.191 e. The topological polar surface area (TPSA) is 63.5 Å². The van der Waals surface area contributed by atoms with Crippen LogP contribution in [0.25, 0.3) is 0 Å². The molecule has 0 amide bonds. The highest BCUT2D eigenvalue weighted by atomic mass is 19.1. The van der Waals surface area contributed by atoms with Crippen molar-refractivity contribution in [3.63, 3.8) is 0 Å². The molecule has 2 aromatic rings. The first-order chi connectivity index (χ1) is 13.2. The molecule has 1 aliphatic rings. The highest BCUT2D eigenvalue weighted by Crippen LogP contribution is 2.19. The second-order valence-electron chi connectivity index (χ2n) is 6.61. The van der Waals surface area contributed by atoms with E-state index in [0.717, 1.165) is 25.9 Å². The number of nitrogens with zero attached hydrogens (tertiary/aromatic N) is 3. The smallest absolute Gasteiger partial charge is 0.191 e. The Balaban J connectivity index is 1.58. The fourth-order valence-corrected chi connectivity index (χ4v) is 3.31. The summed E-state index contributed by atoms with van der Waals surface area (Å²) in [5, 5.41) is 15.6. The standard InChI is InChI=1S/C21H24FN5/c1-24-21(25-14-17-12-16(13-23)9-10-20(17)22)26-18-6-5-11-27(15-18)19-7-3-2-4-8-19/h2-4,7-10,12,18H,5-6,11,14-15H2,1H3,(H2,24,25,26). The number of nitriles is 1. The molecular formula is C21H24FN5. The Kier molecular flexibility index (Phi) is 6.26. The zero-order valence-corrected chi connectivity index (χ0v) is 15.5. The van der Waals surface area contributed by atoms with Crippen LogP contribution in [0.3, 0.4) is 0 Å². The monoisotopic (exact) mass is 365 g/mol. The Hall–Kier alpha value is -3.07. The van der Waals surface area contributed by atoms with Gasteiger partial charge >= 0.3 is 0 Å². The zero-order valence-electron chi connectivity index (χ0n) is 15.5. The lowest BCUT2D eigenvalue weighted by atomic mass is 10.0. The Labute approximate surface area is 159 Å². The molecule has 140 valence electrons. The Morgan fingerprint density at radius 1 is 1.30 bits per heavy atom. The molecule has 2 aromatic carbocycles. The van der Waals surface area contributed by atoms with Crippen LogP contribution in [0.2, 0.25) is 0 Å². The van der Waals surface area contributed by atoms with Crippen LogP contribution in [-0.4, -0.2) is 32.1 Å². The van der Waals surface area contributed by atoms with Crippen LogP contribution in [0.15, 0.2) is 53.5 Å². The summed E-state index contributed by atoms with van der Waals surface area (Å²) in [6.07, 6.45) is 2.16. The molecule has 0 radical (unpaired) electrons. The maximum absolute atomic E-state index is 13.9. The molecule has 0 aromatic heterocycles. The predicted octanol–water partition coefficient (Wildman–Crippen LogP) is 3.03. The van der Waals surface area contributed by atoms with E-state index in [9.17, 15) is 4.39 Å². The molecule has 6 heteroatoms. The highest BCUT2D eigenvalue weighted by Gasteiger charge is 2.21. The van der Waals surface area contributed by atoms with Crippen LogP contribution in [0, 0.1) is 17.1 Å². The van der Waals surface area contributed by atoms with E-state index in [2.05, 4.69) is 44.8 Å². The molecule has 1 aliphatic heterocycles. The van der Waals surface area contributed by atoms with E-state index in [4.69, 9.17) is 5.26 Å². The summed E-state index contributed by atoms with van der Waals surface area (Å²) >= 11 is 0. The molecule has 0 bridgehead atoms. The third kappa shape index (κ3) is 4.98. The first kappa shape index (κ1) is 18.7. The lowest BCUT2D eigenvalue weighted by Gasteiger charge is -2.35. The minimum atomic E-state index is -0.329. The van der Waals surface area contributed by atoms with Crippen LogP contribution < -0.4 is 15.5 Å². The van der Waals surface area contributed by atoms with Gasteiger partial charge in [0, 0.05) is 44.0 Å². The number of nitrogens with one attached hydrogen (secondary N) is 2. The van der Waals surface area contributed by atoms with Crippen molar-refractivity contribution in [3.8, 4) is 6.07 Å². The molecule has 2 N–H and O–H groups in total. The molecule has 27 heavy (non-hydrogen) atoms. The minimum Gasteiger partial charge on any atom is -0.369 e. The van der Waals surface area contributed by atoms with Crippen molar-refractivity contribution in [2.24, 2.45) is 4.99 Å². The number of halogens is 1. The molecule has 1 saturated heterocycles. The summed E-state index contributed by atoms with van der Waals surface area (Å²) in [7, 11) is 1.70. The third-order valence-electron chi connectivity index (χ3n) is 4.73. The van der Waals surface area contributed by atoms with Gasteiger partial charge in [-0.3, -0.25) is 4.99 Å². The van der Waals surface area contributed by atoms with Crippen molar-refractivity contribution in [1.29, 1.82) is 5.26 Å². The number of piperidine rings is 1. The number of hydrogen-bond donors (Lipinski definition) is 2. The number of hydrogen-bond acceptors (Lipinski definition) is 3. The number of benzene rings is 2. The van der Waals surface area contributed by atoms with Crippen molar-refractivity contribution >= 4 is 11.6 Å². The molecular weight excluding hydrogens is 341 g/mol. The lowest BCUT2D eigenvalue weighted by molar-refractivity contribution is 0.467. The zero-order chi connectivity index (χ0) is 19.1. The summed E-state index contributed by atoms with van der Waals surface area (Å²) in [6, 6.07) is 17.0. The van der Waals surface area contributed by atoms with Crippen molar-refractivity contribution in [2.45, 2.75) is 25.4 Å². The predicted molar refractivity (Wildman–Crippen MR) is 106 cm³/mol. The molecule has 1 unspecified atom stereocenters. The summed E-state index contributed by atoms with van der Waals surface area (Å²) in [6.45, 7) is 2.21. The second-order valence-corrected chi connectivity index (χ2v) is 6.61. The summed E-state index contributed by atoms with van der Waals surface area (Å²) in [5.41, 5.74) is 2.12. The van der Waals surface area contributed by atoms with E-state index < -0.39 is 0 Å². The van der Waals surface area contributed by atoms with Crippen LogP contribution in [0.5, 0.6) is 0 Å². The molecule has 0 aliphatic carbocycles. The van der Waals surface area contributed by atoms with Gasteiger partial charge in [-0.1, -0.05) is 18.2 Å². The normalized spacial score (nSPS) is 17.3. The van der Waals surface area contributed by atoms with E-state index in [-0.39, 0.29) is 18.4 Å². The Bertz CT molecular complexity index is 828. The molecule has 1 fully saturated rings. The molecule has 1 atom stereocenters. The van der Waals surface area contributed by atoms with E-state index in [1.807, 2.05) is 12.1 Å². The van der Waals surface area contributed by atoms with Gasteiger partial charge in [-0.25, -0.2) is 4.39 Å². The molecule has 5 nitrogen and oxygen atoms in total. The molecule has 1 heterocycles. The minimum absolute atomic E-state index is 0.264. The highest BCUT2D eigenvalue weighted by molar-refractivity contribution is 5.80. The van der Waals surface area contributed by atoms with Gasteiger partial charge in [-0.2, -0.15) is 5.26 Å². The summed E-state index contributed by atoms with van der Waals surface area (Å²) < 4.78 is 13.9. The number of anilines is 1. The van der Waals surface area contributed by atoms with Crippen LogP contribution >= 0.6 is 0 Å². The number of rotatable bonds is 4. The van der Waals surface area contributed by atoms with Gasteiger partial charge in [0.25, 0.3) is 0 Å².